The van der Waals surface area contributed by atoms with E-state index in [9.17, 15) is 4.79 Å². The van der Waals surface area contributed by atoms with Gasteiger partial charge in [-0.2, -0.15) is 0 Å². The maximum atomic E-state index is 13.2. The molecule has 1 saturated carbocycles. The average molecular weight is 371 g/mol. The quantitative estimate of drug-likeness (QED) is 0.655. The molecule has 0 aliphatic heterocycles. The minimum Gasteiger partial charge on any atom is -0.458 e. The van der Waals surface area contributed by atoms with Gasteiger partial charge in [-0.25, -0.2) is 0 Å². The fourth-order valence-electron chi connectivity index (χ4n) is 4.33. The molecule has 28 heavy (non-hydrogen) atoms. The smallest absolute Gasteiger partial charge is 0.310 e. The highest BCUT2D eigenvalue weighted by molar-refractivity contribution is 5.78. The Morgan fingerprint density at radius 1 is 0.786 bits per heavy atom. The van der Waals surface area contributed by atoms with Crippen molar-refractivity contribution >= 4 is 5.97 Å². The summed E-state index contributed by atoms with van der Waals surface area (Å²) >= 11 is 0. The van der Waals surface area contributed by atoms with Gasteiger partial charge < -0.3 is 10.5 Å². The van der Waals surface area contributed by atoms with Crippen LogP contribution in [0.4, 0.5) is 0 Å². The second-order valence-electron chi connectivity index (χ2n) is 7.47. The number of hydrogen-bond acceptors (Lipinski definition) is 3. The predicted octanol–water partition coefficient (Wildman–Crippen LogP) is 4.82. The van der Waals surface area contributed by atoms with Gasteiger partial charge in [0, 0.05) is 17.9 Å². The molecule has 3 heteroatoms. The van der Waals surface area contributed by atoms with Crippen molar-refractivity contribution in [2.45, 2.75) is 30.9 Å². The molecule has 3 nitrogen and oxygen atoms in total. The van der Waals surface area contributed by atoms with Crippen LogP contribution in [-0.2, 0) is 9.53 Å². The maximum absolute atomic E-state index is 13.2. The summed E-state index contributed by atoms with van der Waals surface area (Å²) in [5.41, 5.74) is 9.77. The molecule has 0 bridgehead atoms. The van der Waals surface area contributed by atoms with Crippen molar-refractivity contribution in [3.05, 3.63) is 108 Å². The van der Waals surface area contributed by atoms with Crippen LogP contribution >= 0.6 is 0 Å². The van der Waals surface area contributed by atoms with Gasteiger partial charge in [0.05, 0.1) is 5.92 Å². The van der Waals surface area contributed by atoms with Crippen LogP contribution < -0.4 is 5.73 Å². The molecule has 1 fully saturated rings. The van der Waals surface area contributed by atoms with E-state index >= 15 is 0 Å². The van der Waals surface area contributed by atoms with Gasteiger partial charge in [-0.05, 0) is 23.6 Å². The number of benzene rings is 3. The van der Waals surface area contributed by atoms with Gasteiger partial charge >= 0.3 is 5.97 Å². The Hall–Kier alpha value is -2.91. The molecule has 2 N–H and O–H groups in total. The molecule has 3 aromatic rings. The molecular weight excluding hydrogens is 346 g/mol. The molecule has 4 rings (SSSR count). The third-order valence-electron chi connectivity index (χ3n) is 5.81. The number of rotatable bonds is 5. The SMILES string of the molecule is C[C@H](OC(=O)C1C(c2ccccc2)C(N)[C@H]1c1ccccc1)c1ccccc1. The Kier molecular flexibility index (Phi) is 5.27. The number of ether oxygens (including phenoxy) is 1. The summed E-state index contributed by atoms with van der Waals surface area (Å²) in [6.45, 7) is 1.92. The number of esters is 1. The predicted molar refractivity (Wildman–Crippen MR) is 111 cm³/mol. The minimum absolute atomic E-state index is 0.0399. The van der Waals surface area contributed by atoms with Crippen LogP contribution in [-0.4, -0.2) is 12.0 Å². The van der Waals surface area contributed by atoms with E-state index in [2.05, 4.69) is 0 Å². The van der Waals surface area contributed by atoms with Crippen LogP contribution in [0.15, 0.2) is 91.0 Å². The first kappa shape index (κ1) is 18.5. The highest BCUT2D eigenvalue weighted by atomic mass is 16.5. The molecule has 0 radical (unpaired) electrons. The van der Waals surface area contributed by atoms with Gasteiger partial charge in [-0.3, -0.25) is 4.79 Å². The Balaban J connectivity index is 1.61. The topological polar surface area (TPSA) is 52.3 Å². The van der Waals surface area contributed by atoms with E-state index in [0.29, 0.717) is 0 Å². The molecule has 142 valence electrons. The van der Waals surface area contributed by atoms with E-state index in [1.165, 1.54) is 0 Å². The third-order valence-corrected chi connectivity index (χ3v) is 5.81. The summed E-state index contributed by atoms with van der Waals surface area (Å²) in [5, 5.41) is 0. The Morgan fingerprint density at radius 3 is 1.68 bits per heavy atom. The lowest BCUT2D eigenvalue weighted by Crippen LogP contribution is -2.56. The van der Waals surface area contributed by atoms with Gasteiger partial charge in [0.15, 0.2) is 0 Å². The molecule has 0 spiro atoms. The average Bonchev–Trinajstić information content (AvgIpc) is 2.74. The zero-order chi connectivity index (χ0) is 19.5. The van der Waals surface area contributed by atoms with E-state index < -0.39 is 0 Å². The zero-order valence-corrected chi connectivity index (χ0v) is 15.9. The zero-order valence-electron chi connectivity index (χ0n) is 15.9. The first-order chi connectivity index (χ1) is 13.7. The van der Waals surface area contributed by atoms with Crippen LogP contribution in [0.5, 0.6) is 0 Å². The Labute approximate surface area is 166 Å². The van der Waals surface area contributed by atoms with Crippen LogP contribution in [0.1, 0.15) is 41.6 Å². The Bertz CT molecular complexity index is 864. The monoisotopic (exact) mass is 371 g/mol. The van der Waals surface area contributed by atoms with Crippen LogP contribution in [0.2, 0.25) is 0 Å². The number of hydrogen-bond donors (Lipinski definition) is 1. The lowest BCUT2D eigenvalue weighted by atomic mass is 9.56. The molecule has 5 atom stereocenters. The molecule has 0 heterocycles. The molecule has 0 saturated heterocycles. The lowest BCUT2D eigenvalue weighted by molar-refractivity contribution is -0.160. The fourth-order valence-corrected chi connectivity index (χ4v) is 4.33. The standard InChI is InChI=1S/C25H25NO2/c1-17(18-11-5-2-6-12-18)28-25(27)23-21(19-13-7-3-8-14-19)24(26)22(23)20-15-9-4-10-16-20/h2-17,21-24H,26H2,1H3/t17-,21-,22?,23?,24?/m0/s1. The van der Waals surface area contributed by atoms with Crippen molar-refractivity contribution in [2.75, 3.05) is 0 Å². The lowest BCUT2D eigenvalue weighted by Gasteiger charge is -2.49. The second-order valence-corrected chi connectivity index (χ2v) is 7.47. The molecule has 3 unspecified atom stereocenters. The van der Waals surface area contributed by atoms with Crippen molar-refractivity contribution < 1.29 is 9.53 Å². The largest absolute Gasteiger partial charge is 0.458 e. The summed E-state index contributed by atoms with van der Waals surface area (Å²) in [7, 11) is 0. The van der Waals surface area contributed by atoms with E-state index in [0.717, 1.165) is 16.7 Å². The normalized spacial score (nSPS) is 24.8. The van der Waals surface area contributed by atoms with Crippen molar-refractivity contribution in [3.8, 4) is 0 Å². The third kappa shape index (κ3) is 3.46. The molecule has 1 aliphatic rings. The highest BCUT2D eigenvalue weighted by Crippen LogP contribution is 2.52. The van der Waals surface area contributed by atoms with E-state index in [1.54, 1.807) is 0 Å². The van der Waals surface area contributed by atoms with Crippen LogP contribution in [0.3, 0.4) is 0 Å². The van der Waals surface area contributed by atoms with Gasteiger partial charge in [0.2, 0.25) is 0 Å². The molecule has 3 aromatic carbocycles. The molecule has 0 amide bonds. The molecule has 1 aliphatic carbocycles. The first-order valence-corrected chi connectivity index (χ1v) is 9.77. The van der Waals surface area contributed by atoms with Crippen molar-refractivity contribution in [1.82, 2.24) is 0 Å². The van der Waals surface area contributed by atoms with Gasteiger partial charge in [0.25, 0.3) is 0 Å². The van der Waals surface area contributed by atoms with Crippen molar-refractivity contribution in [3.63, 3.8) is 0 Å². The fraction of sp³-hybridized carbons (Fsp3) is 0.240. The maximum Gasteiger partial charge on any atom is 0.310 e. The summed E-state index contributed by atoms with van der Waals surface area (Å²) in [6, 6.07) is 29.8. The first-order valence-electron chi connectivity index (χ1n) is 9.77. The summed E-state index contributed by atoms with van der Waals surface area (Å²) in [6.07, 6.45) is -0.293. The van der Waals surface area contributed by atoms with Crippen molar-refractivity contribution in [2.24, 2.45) is 11.7 Å². The van der Waals surface area contributed by atoms with E-state index in [4.69, 9.17) is 10.5 Å². The van der Waals surface area contributed by atoms with Crippen molar-refractivity contribution in [1.29, 1.82) is 0 Å². The Morgan fingerprint density at radius 2 is 1.21 bits per heavy atom. The van der Waals surface area contributed by atoms with E-state index in [1.807, 2.05) is 97.9 Å². The molecule has 0 aromatic heterocycles. The van der Waals surface area contributed by atoms with Crippen LogP contribution in [0.25, 0.3) is 0 Å². The van der Waals surface area contributed by atoms with Crippen LogP contribution in [0, 0.1) is 5.92 Å². The van der Waals surface area contributed by atoms with Gasteiger partial charge in [-0.1, -0.05) is 91.0 Å². The van der Waals surface area contributed by atoms with Gasteiger partial charge in [-0.15, -0.1) is 0 Å². The summed E-state index contributed by atoms with van der Waals surface area (Å²) in [4.78, 5) is 13.2. The summed E-state index contributed by atoms with van der Waals surface area (Å²) in [5.74, 6) is -0.546. The summed E-state index contributed by atoms with van der Waals surface area (Å²) < 4.78 is 5.90. The minimum atomic E-state index is -0.293. The number of nitrogens with two attached hydrogens (primary N) is 1. The van der Waals surface area contributed by atoms with Gasteiger partial charge in [0.1, 0.15) is 6.10 Å². The highest BCUT2D eigenvalue weighted by Gasteiger charge is 2.54. The van der Waals surface area contributed by atoms with E-state index in [-0.39, 0.29) is 35.9 Å². The second kappa shape index (κ2) is 7.99. The molecular formula is C25H25NO2. The number of carbonyl (C=O) groups excluding carboxylic acids is 1. The number of carbonyl (C=O) groups is 1.